The Bertz CT molecular complexity index is 644. The number of hydrogen-bond acceptors (Lipinski definition) is 3. The first-order valence-corrected chi connectivity index (χ1v) is 7.41. The van der Waals surface area contributed by atoms with Crippen molar-refractivity contribution in [1.29, 1.82) is 0 Å². The van der Waals surface area contributed by atoms with Crippen LogP contribution in [0.4, 0.5) is 5.69 Å². The molecule has 5 heteroatoms. The minimum absolute atomic E-state index is 0.0267. The van der Waals surface area contributed by atoms with Gasteiger partial charge >= 0.3 is 0 Å². The summed E-state index contributed by atoms with van der Waals surface area (Å²) in [5.41, 5.74) is 2.99. The first-order chi connectivity index (χ1) is 10.0. The SMILES string of the molecule is CCOc1cc(CNc2cc(Cl)ccc2C)cc(Cl)c1O. The van der Waals surface area contributed by atoms with Crippen molar-refractivity contribution in [3.8, 4) is 11.5 Å². The number of anilines is 1. The van der Waals surface area contributed by atoms with Crippen LogP contribution in [0.5, 0.6) is 11.5 Å². The Morgan fingerprint density at radius 2 is 1.95 bits per heavy atom. The summed E-state index contributed by atoms with van der Waals surface area (Å²) in [5.74, 6) is 0.366. The fraction of sp³-hybridized carbons (Fsp3) is 0.250. The topological polar surface area (TPSA) is 41.5 Å². The van der Waals surface area contributed by atoms with Crippen LogP contribution in [0, 0.1) is 6.92 Å². The molecule has 0 unspecified atom stereocenters. The van der Waals surface area contributed by atoms with Crippen molar-refractivity contribution in [1.82, 2.24) is 0 Å². The highest BCUT2D eigenvalue weighted by Crippen LogP contribution is 2.35. The summed E-state index contributed by atoms with van der Waals surface area (Å²) in [4.78, 5) is 0. The number of aryl methyl sites for hydroxylation is 1. The fourth-order valence-corrected chi connectivity index (χ4v) is 2.38. The lowest BCUT2D eigenvalue weighted by atomic mass is 10.1. The van der Waals surface area contributed by atoms with Crippen molar-refractivity contribution in [3.05, 3.63) is 51.5 Å². The number of rotatable bonds is 5. The van der Waals surface area contributed by atoms with Crippen LogP contribution in [0.1, 0.15) is 18.1 Å². The quantitative estimate of drug-likeness (QED) is 0.811. The van der Waals surface area contributed by atoms with Crippen LogP contribution in [0.3, 0.4) is 0 Å². The molecule has 2 N–H and O–H groups in total. The summed E-state index contributed by atoms with van der Waals surface area (Å²) >= 11 is 12.0. The first kappa shape index (κ1) is 15.8. The largest absolute Gasteiger partial charge is 0.503 e. The highest BCUT2D eigenvalue weighted by molar-refractivity contribution is 6.32. The van der Waals surface area contributed by atoms with Crippen LogP contribution in [0.15, 0.2) is 30.3 Å². The van der Waals surface area contributed by atoms with Gasteiger partial charge in [0.15, 0.2) is 11.5 Å². The summed E-state index contributed by atoms with van der Waals surface area (Å²) in [6.45, 7) is 4.89. The molecule has 0 bridgehead atoms. The second kappa shape index (κ2) is 6.92. The summed E-state index contributed by atoms with van der Waals surface area (Å²) in [7, 11) is 0. The van der Waals surface area contributed by atoms with E-state index in [-0.39, 0.29) is 10.8 Å². The van der Waals surface area contributed by atoms with Crippen LogP contribution in [0.2, 0.25) is 10.0 Å². The molecule has 0 aliphatic carbocycles. The van der Waals surface area contributed by atoms with E-state index >= 15 is 0 Å². The predicted molar refractivity (Wildman–Crippen MR) is 87.8 cm³/mol. The number of hydrogen-bond donors (Lipinski definition) is 2. The number of aromatic hydroxyl groups is 1. The first-order valence-electron chi connectivity index (χ1n) is 6.65. The van der Waals surface area contributed by atoms with Crippen molar-refractivity contribution in [2.24, 2.45) is 0 Å². The summed E-state index contributed by atoms with van der Waals surface area (Å²) in [6, 6.07) is 9.18. The standard InChI is InChI=1S/C16H17Cl2NO2/c1-3-21-15-7-11(6-13(18)16(15)20)9-19-14-8-12(17)5-4-10(14)2/h4-8,19-20H,3,9H2,1-2H3. The van der Waals surface area contributed by atoms with Gasteiger partial charge in [-0.3, -0.25) is 0 Å². The van der Waals surface area contributed by atoms with Gasteiger partial charge in [-0.15, -0.1) is 0 Å². The van der Waals surface area contributed by atoms with Crippen molar-refractivity contribution >= 4 is 28.9 Å². The van der Waals surface area contributed by atoms with Gasteiger partial charge in [-0.2, -0.15) is 0 Å². The molecule has 21 heavy (non-hydrogen) atoms. The lowest BCUT2D eigenvalue weighted by Crippen LogP contribution is -2.02. The second-order valence-electron chi connectivity index (χ2n) is 4.67. The highest BCUT2D eigenvalue weighted by Gasteiger charge is 2.10. The number of nitrogens with one attached hydrogen (secondary N) is 1. The Hall–Kier alpha value is -1.58. The molecule has 0 atom stereocenters. The summed E-state index contributed by atoms with van der Waals surface area (Å²) in [6.07, 6.45) is 0. The Kier molecular flexibility index (Phi) is 5.21. The monoisotopic (exact) mass is 325 g/mol. The van der Waals surface area contributed by atoms with E-state index in [0.29, 0.717) is 23.9 Å². The number of ether oxygens (including phenoxy) is 1. The summed E-state index contributed by atoms with van der Waals surface area (Å²) in [5, 5.41) is 14.1. The van der Waals surface area contributed by atoms with Gasteiger partial charge in [0.05, 0.1) is 11.6 Å². The summed E-state index contributed by atoms with van der Waals surface area (Å²) < 4.78 is 5.37. The molecule has 0 fully saturated rings. The molecular formula is C16H17Cl2NO2. The maximum absolute atomic E-state index is 9.82. The van der Waals surface area contributed by atoms with Gasteiger partial charge in [0.2, 0.25) is 0 Å². The molecule has 112 valence electrons. The molecule has 2 aromatic carbocycles. The Balaban J connectivity index is 2.18. The van der Waals surface area contributed by atoms with Crippen molar-refractivity contribution in [2.75, 3.05) is 11.9 Å². The van der Waals surface area contributed by atoms with E-state index in [9.17, 15) is 5.11 Å². The lowest BCUT2D eigenvalue weighted by Gasteiger charge is -2.13. The van der Waals surface area contributed by atoms with E-state index in [1.807, 2.05) is 32.0 Å². The van der Waals surface area contributed by atoms with Gasteiger partial charge in [-0.05, 0) is 49.2 Å². The molecule has 2 rings (SSSR count). The third-order valence-corrected chi connectivity index (χ3v) is 3.59. The van der Waals surface area contributed by atoms with Crippen LogP contribution >= 0.6 is 23.2 Å². The zero-order valence-electron chi connectivity index (χ0n) is 11.9. The van der Waals surface area contributed by atoms with E-state index in [4.69, 9.17) is 27.9 Å². The molecule has 0 heterocycles. The van der Waals surface area contributed by atoms with Gasteiger partial charge in [0.25, 0.3) is 0 Å². The molecule has 0 saturated heterocycles. The number of phenols is 1. The van der Waals surface area contributed by atoms with Crippen LogP contribution < -0.4 is 10.1 Å². The van der Waals surface area contributed by atoms with Gasteiger partial charge in [-0.1, -0.05) is 29.3 Å². The average molecular weight is 326 g/mol. The van der Waals surface area contributed by atoms with Crippen molar-refractivity contribution < 1.29 is 9.84 Å². The van der Waals surface area contributed by atoms with Crippen LogP contribution in [-0.2, 0) is 6.54 Å². The maximum atomic E-state index is 9.82. The molecule has 0 spiro atoms. The molecule has 0 radical (unpaired) electrons. The maximum Gasteiger partial charge on any atom is 0.176 e. The number of benzene rings is 2. The Morgan fingerprint density at radius 3 is 2.67 bits per heavy atom. The third-order valence-electron chi connectivity index (χ3n) is 3.07. The third kappa shape index (κ3) is 3.96. The average Bonchev–Trinajstić information content (AvgIpc) is 2.45. The van der Waals surface area contributed by atoms with E-state index in [0.717, 1.165) is 16.8 Å². The number of phenolic OH excluding ortho intramolecular Hbond substituents is 1. The van der Waals surface area contributed by atoms with E-state index in [1.54, 1.807) is 12.1 Å². The molecule has 2 aromatic rings. The zero-order chi connectivity index (χ0) is 15.4. The minimum atomic E-state index is -0.0267. The minimum Gasteiger partial charge on any atom is -0.503 e. The predicted octanol–water partition coefficient (Wildman–Crippen LogP) is 5.02. The lowest BCUT2D eigenvalue weighted by molar-refractivity contribution is 0.318. The second-order valence-corrected chi connectivity index (χ2v) is 5.51. The van der Waals surface area contributed by atoms with E-state index < -0.39 is 0 Å². The Morgan fingerprint density at radius 1 is 1.19 bits per heavy atom. The molecule has 3 nitrogen and oxygen atoms in total. The smallest absolute Gasteiger partial charge is 0.176 e. The van der Waals surface area contributed by atoms with Gasteiger partial charge in [0, 0.05) is 17.3 Å². The Labute approximate surface area is 134 Å². The molecular weight excluding hydrogens is 309 g/mol. The van der Waals surface area contributed by atoms with Gasteiger partial charge in [-0.25, -0.2) is 0 Å². The fourth-order valence-electron chi connectivity index (χ4n) is 1.98. The molecule has 0 aliphatic rings. The van der Waals surface area contributed by atoms with Crippen LogP contribution in [0.25, 0.3) is 0 Å². The van der Waals surface area contributed by atoms with Crippen LogP contribution in [-0.4, -0.2) is 11.7 Å². The van der Waals surface area contributed by atoms with Gasteiger partial charge in [0.1, 0.15) is 0 Å². The zero-order valence-corrected chi connectivity index (χ0v) is 13.4. The molecule has 0 saturated carbocycles. The normalized spacial score (nSPS) is 10.5. The van der Waals surface area contributed by atoms with Crippen molar-refractivity contribution in [3.63, 3.8) is 0 Å². The van der Waals surface area contributed by atoms with Crippen molar-refractivity contribution in [2.45, 2.75) is 20.4 Å². The van der Waals surface area contributed by atoms with E-state index in [1.165, 1.54) is 0 Å². The molecule has 0 aliphatic heterocycles. The number of halogens is 2. The molecule has 0 amide bonds. The molecule has 0 aromatic heterocycles. The van der Waals surface area contributed by atoms with E-state index in [2.05, 4.69) is 5.32 Å². The van der Waals surface area contributed by atoms with Gasteiger partial charge < -0.3 is 15.2 Å². The highest BCUT2D eigenvalue weighted by atomic mass is 35.5.